The number of amides is 3. The van der Waals surface area contributed by atoms with Crippen molar-refractivity contribution in [3.63, 3.8) is 0 Å². The van der Waals surface area contributed by atoms with Crippen molar-refractivity contribution in [2.24, 2.45) is 23.7 Å². The van der Waals surface area contributed by atoms with Gasteiger partial charge in [-0.25, -0.2) is 0 Å². The normalized spacial score (nSPS) is 26.3. The van der Waals surface area contributed by atoms with Crippen LogP contribution in [0.2, 0.25) is 0 Å². The molecule has 35 heavy (non-hydrogen) atoms. The van der Waals surface area contributed by atoms with Crippen LogP contribution in [0, 0.1) is 37.5 Å². The molecule has 1 aliphatic carbocycles. The van der Waals surface area contributed by atoms with Gasteiger partial charge in [-0.3, -0.25) is 24.1 Å². The maximum Gasteiger partial charge on any atom is 0.316 e. The van der Waals surface area contributed by atoms with E-state index in [0.717, 1.165) is 36.1 Å². The lowest BCUT2D eigenvalue weighted by molar-refractivity contribution is -0.139. The topological polar surface area (TPSA) is 84.0 Å². The van der Waals surface area contributed by atoms with E-state index in [9.17, 15) is 19.2 Å². The van der Waals surface area contributed by atoms with Gasteiger partial charge in [0.15, 0.2) is 0 Å². The number of fused-ring (bicyclic) bond motifs is 1. The van der Waals surface area contributed by atoms with E-state index in [1.54, 1.807) is 29.2 Å². The average Bonchev–Trinajstić information content (AvgIpc) is 3.34. The first-order valence-corrected chi connectivity index (χ1v) is 12.3. The van der Waals surface area contributed by atoms with Gasteiger partial charge in [0.05, 0.1) is 23.4 Å². The van der Waals surface area contributed by atoms with Crippen LogP contribution in [-0.2, 0) is 19.2 Å². The predicted molar refractivity (Wildman–Crippen MR) is 131 cm³/mol. The summed E-state index contributed by atoms with van der Waals surface area (Å²) >= 11 is 0. The first kappa shape index (κ1) is 23.3. The highest BCUT2D eigenvalue weighted by Gasteiger charge is 2.50. The molecule has 2 heterocycles. The summed E-state index contributed by atoms with van der Waals surface area (Å²) in [5, 5.41) is 0. The number of ether oxygens (including phenoxy) is 1. The van der Waals surface area contributed by atoms with Crippen molar-refractivity contribution >= 4 is 35.1 Å². The Morgan fingerprint density at radius 1 is 0.886 bits per heavy atom. The highest BCUT2D eigenvalue weighted by molar-refractivity contribution is 6.22. The minimum Gasteiger partial charge on any atom is -0.426 e. The van der Waals surface area contributed by atoms with Crippen LogP contribution >= 0.6 is 0 Å². The fraction of sp³-hybridized carbons (Fsp3) is 0.429. The number of rotatable bonds is 4. The van der Waals surface area contributed by atoms with Crippen molar-refractivity contribution in [3.05, 3.63) is 53.6 Å². The van der Waals surface area contributed by atoms with Crippen LogP contribution in [0.5, 0.6) is 5.75 Å². The third-order valence-corrected chi connectivity index (χ3v) is 7.76. The number of anilines is 2. The van der Waals surface area contributed by atoms with E-state index in [1.165, 1.54) is 4.90 Å². The number of esters is 1. The van der Waals surface area contributed by atoms with E-state index in [1.807, 2.05) is 32.0 Å². The SMILES string of the molecule is Cc1ccc(N2C[C@H](C(=O)Oc3ccc(N4C(=O)[C@H]5C[C@@H](C)CC[C@H]5C4=O)cc3)CC2=O)cc1C. The van der Waals surface area contributed by atoms with E-state index in [-0.39, 0.29) is 42.5 Å². The molecule has 0 radical (unpaired) electrons. The zero-order chi connectivity index (χ0) is 24.9. The summed E-state index contributed by atoms with van der Waals surface area (Å²) in [4.78, 5) is 54.1. The Bertz CT molecular complexity index is 1200. The minimum atomic E-state index is -0.560. The van der Waals surface area contributed by atoms with Crippen LogP contribution in [-0.4, -0.2) is 30.2 Å². The standard InChI is InChI=1S/C28H30N2O5/c1-16-4-11-23-24(12-16)27(33)30(26(23)32)20-7-9-22(10-8-20)35-28(34)19-14-25(31)29(15-19)21-6-5-17(2)18(3)13-21/h5-10,13,16,19,23-24H,4,11-12,14-15H2,1-3H3/t16-,19+,23+,24-/m0/s1. The van der Waals surface area contributed by atoms with Crippen LogP contribution in [0.15, 0.2) is 42.5 Å². The molecule has 5 rings (SSSR count). The molecule has 3 aliphatic rings. The molecule has 2 aliphatic heterocycles. The van der Waals surface area contributed by atoms with E-state index < -0.39 is 11.9 Å². The van der Waals surface area contributed by atoms with Gasteiger partial charge in [-0.05, 0) is 86.6 Å². The summed E-state index contributed by atoms with van der Waals surface area (Å²) in [6.45, 7) is 6.40. The summed E-state index contributed by atoms with van der Waals surface area (Å²) in [5.74, 6) is -1.09. The molecule has 3 amide bonds. The molecule has 0 unspecified atom stereocenters. The molecule has 4 atom stereocenters. The summed E-state index contributed by atoms with van der Waals surface area (Å²) < 4.78 is 5.55. The molecule has 0 aromatic heterocycles. The Kier molecular flexibility index (Phi) is 5.95. The van der Waals surface area contributed by atoms with Crippen LogP contribution in [0.3, 0.4) is 0 Å². The van der Waals surface area contributed by atoms with E-state index in [4.69, 9.17) is 4.74 Å². The third-order valence-electron chi connectivity index (χ3n) is 7.76. The zero-order valence-electron chi connectivity index (χ0n) is 20.3. The van der Waals surface area contributed by atoms with Gasteiger partial charge in [0.1, 0.15) is 5.75 Å². The summed E-state index contributed by atoms with van der Waals surface area (Å²) in [6.07, 6.45) is 2.57. The second-order valence-electron chi connectivity index (χ2n) is 10.2. The van der Waals surface area contributed by atoms with Crippen molar-refractivity contribution < 1.29 is 23.9 Å². The number of carbonyl (C=O) groups excluding carboxylic acids is 4. The third kappa shape index (κ3) is 4.24. The van der Waals surface area contributed by atoms with Crippen molar-refractivity contribution in [2.75, 3.05) is 16.3 Å². The monoisotopic (exact) mass is 474 g/mol. The summed E-state index contributed by atoms with van der Waals surface area (Å²) in [6, 6.07) is 12.3. The Morgan fingerprint density at radius 3 is 2.29 bits per heavy atom. The average molecular weight is 475 g/mol. The second kappa shape index (κ2) is 8.95. The molecule has 0 spiro atoms. The van der Waals surface area contributed by atoms with Gasteiger partial charge in [0.25, 0.3) is 0 Å². The number of hydrogen-bond acceptors (Lipinski definition) is 5. The number of hydrogen-bond donors (Lipinski definition) is 0. The predicted octanol–water partition coefficient (Wildman–Crippen LogP) is 4.19. The maximum absolute atomic E-state index is 12.9. The first-order chi connectivity index (χ1) is 16.7. The Morgan fingerprint density at radius 2 is 1.57 bits per heavy atom. The number of carbonyl (C=O) groups is 4. The van der Waals surface area contributed by atoms with Crippen LogP contribution in [0.25, 0.3) is 0 Å². The van der Waals surface area contributed by atoms with Gasteiger partial charge in [-0.1, -0.05) is 13.0 Å². The molecule has 0 N–H and O–H groups in total. The smallest absolute Gasteiger partial charge is 0.316 e. The van der Waals surface area contributed by atoms with Crippen molar-refractivity contribution in [3.8, 4) is 5.75 Å². The number of benzene rings is 2. The molecule has 0 bridgehead atoms. The van der Waals surface area contributed by atoms with Crippen molar-refractivity contribution in [1.29, 1.82) is 0 Å². The maximum atomic E-state index is 12.9. The highest BCUT2D eigenvalue weighted by atomic mass is 16.5. The number of nitrogens with zero attached hydrogens (tertiary/aromatic N) is 2. The van der Waals surface area contributed by atoms with Gasteiger partial charge >= 0.3 is 5.97 Å². The first-order valence-electron chi connectivity index (χ1n) is 12.3. The quantitative estimate of drug-likeness (QED) is 0.377. The van der Waals surface area contributed by atoms with E-state index >= 15 is 0 Å². The molecule has 182 valence electrons. The number of imide groups is 1. The van der Waals surface area contributed by atoms with Gasteiger partial charge < -0.3 is 9.64 Å². The largest absolute Gasteiger partial charge is 0.426 e. The molecule has 2 aromatic rings. The molecule has 2 aromatic carbocycles. The van der Waals surface area contributed by atoms with E-state index in [2.05, 4.69) is 6.92 Å². The van der Waals surface area contributed by atoms with Gasteiger partial charge in [-0.15, -0.1) is 0 Å². The van der Waals surface area contributed by atoms with Gasteiger partial charge in [0.2, 0.25) is 17.7 Å². The number of aryl methyl sites for hydroxylation is 2. The summed E-state index contributed by atoms with van der Waals surface area (Å²) in [5.41, 5.74) is 3.52. The Labute approximate surface area is 205 Å². The lowest BCUT2D eigenvalue weighted by Gasteiger charge is -2.25. The molecule has 2 saturated heterocycles. The summed E-state index contributed by atoms with van der Waals surface area (Å²) in [7, 11) is 0. The van der Waals surface area contributed by atoms with Crippen LogP contribution in [0.4, 0.5) is 11.4 Å². The van der Waals surface area contributed by atoms with Gasteiger partial charge in [0, 0.05) is 18.7 Å². The minimum absolute atomic E-state index is 0.0990. The van der Waals surface area contributed by atoms with Gasteiger partial charge in [-0.2, -0.15) is 0 Å². The molecule has 7 heteroatoms. The lowest BCUT2D eigenvalue weighted by atomic mass is 9.76. The fourth-order valence-corrected chi connectivity index (χ4v) is 5.52. The molecule has 1 saturated carbocycles. The lowest BCUT2D eigenvalue weighted by Crippen LogP contribution is -2.30. The molecular formula is C28H30N2O5. The molecule has 3 fully saturated rings. The highest BCUT2D eigenvalue weighted by Crippen LogP contribution is 2.42. The molecule has 7 nitrogen and oxygen atoms in total. The molecular weight excluding hydrogens is 444 g/mol. The van der Waals surface area contributed by atoms with Crippen molar-refractivity contribution in [2.45, 2.75) is 46.5 Å². The van der Waals surface area contributed by atoms with Crippen molar-refractivity contribution in [1.82, 2.24) is 0 Å². The second-order valence-corrected chi connectivity index (χ2v) is 10.2. The van der Waals surface area contributed by atoms with Crippen LogP contribution < -0.4 is 14.5 Å². The van der Waals surface area contributed by atoms with Crippen LogP contribution in [0.1, 0.15) is 43.7 Å². The fourth-order valence-electron chi connectivity index (χ4n) is 5.52. The Hall–Kier alpha value is -3.48. The zero-order valence-corrected chi connectivity index (χ0v) is 20.3. The Balaban J connectivity index is 1.24. The van der Waals surface area contributed by atoms with E-state index in [0.29, 0.717) is 17.4 Å².